The fraction of sp³-hybridized carbons (Fsp3) is 0.857. The Kier molecular flexibility index (Phi) is 3.35. The second-order valence-electron chi connectivity index (χ2n) is 6.39. The third-order valence-electron chi connectivity index (χ3n) is 4.62. The Balaban J connectivity index is 1.61. The Hall–Kier alpha value is -0.940. The maximum Gasteiger partial charge on any atom is 0.247 e. The minimum Gasteiger partial charge on any atom is -0.306 e. The fourth-order valence-electron chi connectivity index (χ4n) is 3.36. The van der Waals surface area contributed by atoms with Crippen molar-refractivity contribution >= 4 is 11.8 Å². The Bertz CT molecular complexity index is 394. The minimum atomic E-state index is -0.274. The number of hydrogen-bond donors (Lipinski definition) is 1. The largest absolute Gasteiger partial charge is 0.306 e. The molecule has 0 aromatic rings. The minimum absolute atomic E-state index is 0.0126. The third-order valence-corrected chi connectivity index (χ3v) is 4.62. The van der Waals surface area contributed by atoms with Crippen molar-refractivity contribution < 1.29 is 9.59 Å². The molecular formula is C14H23N3O2. The van der Waals surface area contributed by atoms with Gasteiger partial charge in [-0.2, -0.15) is 0 Å². The van der Waals surface area contributed by atoms with Gasteiger partial charge in [0.15, 0.2) is 0 Å². The average molecular weight is 265 g/mol. The predicted octanol–water partition coefficient (Wildman–Crippen LogP) is 0.206. The van der Waals surface area contributed by atoms with Gasteiger partial charge in [-0.1, -0.05) is 6.92 Å². The van der Waals surface area contributed by atoms with Crippen molar-refractivity contribution in [2.75, 3.05) is 20.1 Å². The first kappa shape index (κ1) is 13.1. The first-order chi connectivity index (χ1) is 9.06. The highest BCUT2D eigenvalue weighted by molar-refractivity contribution is 6.06. The van der Waals surface area contributed by atoms with Crippen molar-refractivity contribution in [2.45, 2.75) is 50.7 Å². The van der Waals surface area contributed by atoms with E-state index in [-0.39, 0.29) is 23.9 Å². The zero-order valence-electron chi connectivity index (χ0n) is 11.8. The summed E-state index contributed by atoms with van der Waals surface area (Å²) in [6, 6.07) is 0.294. The van der Waals surface area contributed by atoms with Crippen molar-refractivity contribution in [1.82, 2.24) is 15.1 Å². The van der Waals surface area contributed by atoms with Gasteiger partial charge in [0.1, 0.15) is 0 Å². The summed E-state index contributed by atoms with van der Waals surface area (Å²) >= 11 is 0. The molecule has 1 saturated carbocycles. The van der Waals surface area contributed by atoms with Crippen LogP contribution in [0.25, 0.3) is 0 Å². The lowest BCUT2D eigenvalue weighted by Gasteiger charge is -2.36. The summed E-state index contributed by atoms with van der Waals surface area (Å²) in [4.78, 5) is 28.0. The van der Waals surface area contributed by atoms with Crippen LogP contribution in [0, 0.1) is 5.92 Å². The standard InChI is InChI=1S/C14H23N3O2/c1-9-8-16(2)6-5-11(9)15-12-7-13(18)17(14(12)19)10-3-4-10/h9-12,15H,3-8H2,1-2H3. The van der Waals surface area contributed by atoms with E-state index in [1.807, 2.05) is 0 Å². The van der Waals surface area contributed by atoms with E-state index in [1.165, 1.54) is 4.90 Å². The van der Waals surface area contributed by atoms with Crippen molar-refractivity contribution in [3.8, 4) is 0 Å². The highest BCUT2D eigenvalue weighted by atomic mass is 16.2. The van der Waals surface area contributed by atoms with Gasteiger partial charge in [0.2, 0.25) is 11.8 Å². The molecule has 2 amide bonds. The molecule has 5 nitrogen and oxygen atoms in total. The number of piperidine rings is 1. The molecular weight excluding hydrogens is 242 g/mol. The number of rotatable bonds is 3. The van der Waals surface area contributed by atoms with Gasteiger partial charge in [-0.25, -0.2) is 0 Å². The van der Waals surface area contributed by atoms with E-state index in [1.54, 1.807) is 0 Å². The van der Waals surface area contributed by atoms with E-state index in [4.69, 9.17) is 0 Å². The van der Waals surface area contributed by atoms with Crippen molar-refractivity contribution in [2.24, 2.45) is 5.92 Å². The summed E-state index contributed by atoms with van der Waals surface area (Å²) in [5.74, 6) is 0.556. The van der Waals surface area contributed by atoms with Crippen LogP contribution in [-0.4, -0.2) is 59.9 Å². The van der Waals surface area contributed by atoms with Crippen molar-refractivity contribution in [3.63, 3.8) is 0 Å². The second kappa shape index (κ2) is 4.87. The SMILES string of the molecule is CC1CN(C)CCC1NC1CC(=O)N(C2CC2)C1=O. The first-order valence-corrected chi connectivity index (χ1v) is 7.36. The second-order valence-corrected chi connectivity index (χ2v) is 6.39. The molecule has 19 heavy (non-hydrogen) atoms. The van der Waals surface area contributed by atoms with E-state index < -0.39 is 0 Å². The van der Waals surface area contributed by atoms with Crippen LogP contribution in [0.5, 0.6) is 0 Å². The Morgan fingerprint density at radius 3 is 2.58 bits per heavy atom. The number of carbonyl (C=O) groups excluding carboxylic acids is 2. The van der Waals surface area contributed by atoms with E-state index >= 15 is 0 Å². The number of nitrogens with zero attached hydrogens (tertiary/aromatic N) is 2. The number of likely N-dealkylation sites (tertiary alicyclic amines) is 2. The molecule has 3 unspecified atom stereocenters. The highest BCUT2D eigenvalue weighted by Crippen LogP contribution is 2.32. The molecule has 0 bridgehead atoms. The number of amides is 2. The third kappa shape index (κ3) is 2.54. The summed E-state index contributed by atoms with van der Waals surface area (Å²) < 4.78 is 0. The van der Waals surface area contributed by atoms with E-state index in [9.17, 15) is 9.59 Å². The molecule has 2 aliphatic heterocycles. The van der Waals surface area contributed by atoms with Crippen LogP contribution in [0.4, 0.5) is 0 Å². The smallest absolute Gasteiger partial charge is 0.247 e. The maximum atomic E-state index is 12.3. The zero-order valence-corrected chi connectivity index (χ0v) is 11.8. The molecule has 0 spiro atoms. The van der Waals surface area contributed by atoms with E-state index in [0.717, 1.165) is 32.4 Å². The first-order valence-electron chi connectivity index (χ1n) is 7.36. The molecule has 3 rings (SSSR count). The molecule has 1 N–H and O–H groups in total. The zero-order chi connectivity index (χ0) is 13.6. The van der Waals surface area contributed by atoms with Gasteiger partial charge in [0.05, 0.1) is 12.5 Å². The monoisotopic (exact) mass is 265 g/mol. The van der Waals surface area contributed by atoms with Crippen LogP contribution < -0.4 is 5.32 Å². The van der Waals surface area contributed by atoms with Crippen LogP contribution in [0.1, 0.15) is 32.6 Å². The number of imide groups is 1. The molecule has 106 valence electrons. The predicted molar refractivity (Wildman–Crippen MR) is 71.5 cm³/mol. The lowest BCUT2D eigenvalue weighted by atomic mass is 9.93. The van der Waals surface area contributed by atoms with Crippen LogP contribution in [0.15, 0.2) is 0 Å². The summed E-state index contributed by atoms with van der Waals surface area (Å²) in [5.41, 5.74) is 0. The lowest BCUT2D eigenvalue weighted by Crippen LogP contribution is -2.52. The Morgan fingerprint density at radius 2 is 1.95 bits per heavy atom. The Labute approximate surface area is 114 Å². The number of carbonyl (C=O) groups is 2. The fourth-order valence-corrected chi connectivity index (χ4v) is 3.36. The van der Waals surface area contributed by atoms with Gasteiger partial charge in [0.25, 0.3) is 0 Å². The number of hydrogen-bond acceptors (Lipinski definition) is 4. The van der Waals surface area contributed by atoms with Crippen molar-refractivity contribution in [3.05, 3.63) is 0 Å². The van der Waals surface area contributed by atoms with Gasteiger partial charge < -0.3 is 10.2 Å². The van der Waals surface area contributed by atoms with Gasteiger partial charge in [-0.15, -0.1) is 0 Å². The normalized spacial score (nSPS) is 37.2. The summed E-state index contributed by atoms with van der Waals surface area (Å²) in [6.45, 7) is 4.33. The summed E-state index contributed by atoms with van der Waals surface area (Å²) in [5, 5.41) is 3.44. The van der Waals surface area contributed by atoms with Crippen molar-refractivity contribution in [1.29, 1.82) is 0 Å². The lowest BCUT2D eigenvalue weighted by molar-refractivity contribution is -0.139. The quantitative estimate of drug-likeness (QED) is 0.741. The maximum absolute atomic E-state index is 12.3. The Morgan fingerprint density at radius 1 is 1.21 bits per heavy atom. The molecule has 0 aromatic carbocycles. The molecule has 2 heterocycles. The van der Waals surface area contributed by atoms with Gasteiger partial charge in [0, 0.05) is 18.6 Å². The number of nitrogens with one attached hydrogen (secondary N) is 1. The molecule has 3 atom stereocenters. The summed E-state index contributed by atoms with van der Waals surface area (Å²) in [7, 11) is 2.13. The molecule has 0 aromatic heterocycles. The average Bonchev–Trinajstić information content (AvgIpc) is 3.12. The highest BCUT2D eigenvalue weighted by Gasteiger charge is 2.46. The topological polar surface area (TPSA) is 52.7 Å². The molecule has 0 radical (unpaired) electrons. The van der Waals surface area contributed by atoms with E-state index in [0.29, 0.717) is 18.4 Å². The van der Waals surface area contributed by atoms with Gasteiger partial charge in [-0.3, -0.25) is 14.5 Å². The molecule has 3 fully saturated rings. The molecule has 3 aliphatic rings. The van der Waals surface area contributed by atoms with Gasteiger partial charge >= 0.3 is 0 Å². The van der Waals surface area contributed by atoms with E-state index in [2.05, 4.69) is 24.2 Å². The molecule has 5 heteroatoms. The van der Waals surface area contributed by atoms with Crippen LogP contribution in [0.2, 0.25) is 0 Å². The van der Waals surface area contributed by atoms with Crippen LogP contribution >= 0.6 is 0 Å². The molecule has 2 saturated heterocycles. The van der Waals surface area contributed by atoms with Gasteiger partial charge in [-0.05, 0) is 38.8 Å². The molecule has 1 aliphatic carbocycles. The van der Waals surface area contributed by atoms with Crippen LogP contribution in [0.3, 0.4) is 0 Å². The summed E-state index contributed by atoms with van der Waals surface area (Å²) in [6.07, 6.45) is 3.40. The van der Waals surface area contributed by atoms with Crippen LogP contribution in [-0.2, 0) is 9.59 Å².